The summed E-state index contributed by atoms with van der Waals surface area (Å²) in [5.74, 6) is 0.648. The van der Waals surface area contributed by atoms with E-state index in [1.165, 1.54) is 0 Å². The molecule has 0 amide bonds. The number of rotatable bonds is 4. The van der Waals surface area contributed by atoms with Crippen molar-refractivity contribution in [3.05, 3.63) is 0 Å². The molecule has 0 fully saturated rings. The molecule has 0 saturated carbocycles. The molecule has 0 unspecified atom stereocenters. The Labute approximate surface area is 83.0 Å². The number of aliphatic hydroxyl groups is 2. The predicted octanol–water partition coefficient (Wildman–Crippen LogP) is 2.44. The van der Waals surface area contributed by atoms with Crippen LogP contribution in [0.2, 0.25) is 0 Å². The first-order valence-corrected chi connectivity index (χ1v) is 5.11. The number of aliphatic hydroxyl groups excluding tert-OH is 2. The molecule has 0 radical (unpaired) electrons. The monoisotopic (exact) mass is 190 g/mol. The third-order valence-electron chi connectivity index (χ3n) is 2.09. The first-order chi connectivity index (χ1) is 5.89. The molecule has 0 saturated heterocycles. The van der Waals surface area contributed by atoms with E-state index in [1.807, 2.05) is 13.8 Å². The minimum atomic E-state index is 0.139. The van der Waals surface area contributed by atoms with Gasteiger partial charge in [0.05, 0.1) is 0 Å². The van der Waals surface area contributed by atoms with Crippen LogP contribution in [-0.4, -0.2) is 23.4 Å². The lowest BCUT2D eigenvalue weighted by Gasteiger charge is -2.17. The summed E-state index contributed by atoms with van der Waals surface area (Å²) in [4.78, 5) is 0. The zero-order valence-electron chi connectivity index (χ0n) is 9.80. The van der Waals surface area contributed by atoms with Gasteiger partial charge < -0.3 is 10.2 Å². The molecule has 0 spiro atoms. The summed E-state index contributed by atoms with van der Waals surface area (Å²) >= 11 is 0. The van der Waals surface area contributed by atoms with Crippen LogP contribution < -0.4 is 0 Å². The highest BCUT2D eigenvalue weighted by Crippen LogP contribution is 2.16. The molecule has 0 rings (SSSR count). The summed E-state index contributed by atoms with van der Waals surface area (Å²) in [6, 6.07) is 0. The SMILES string of the molecule is CC(C)CCO.CCC(C)(C)CO. The Kier molecular flexibility index (Phi) is 10.1. The first kappa shape index (κ1) is 15.4. The minimum Gasteiger partial charge on any atom is -0.396 e. The summed E-state index contributed by atoms with van der Waals surface area (Å²) in [7, 11) is 0. The van der Waals surface area contributed by atoms with Crippen LogP contribution in [0.15, 0.2) is 0 Å². The molecule has 0 atom stereocenters. The smallest absolute Gasteiger partial charge is 0.0482 e. The maximum Gasteiger partial charge on any atom is 0.0482 e. The maximum absolute atomic E-state index is 8.59. The third-order valence-corrected chi connectivity index (χ3v) is 2.09. The fraction of sp³-hybridized carbons (Fsp3) is 1.00. The number of hydrogen-bond donors (Lipinski definition) is 2. The number of hydrogen-bond acceptors (Lipinski definition) is 2. The lowest BCUT2D eigenvalue weighted by atomic mass is 9.92. The van der Waals surface area contributed by atoms with Crippen LogP contribution >= 0.6 is 0 Å². The highest BCUT2D eigenvalue weighted by atomic mass is 16.3. The van der Waals surface area contributed by atoms with Gasteiger partial charge in [0.1, 0.15) is 0 Å². The van der Waals surface area contributed by atoms with Crippen molar-refractivity contribution in [3.8, 4) is 0 Å². The Balaban J connectivity index is 0. The fourth-order valence-corrected chi connectivity index (χ4v) is 0.370. The zero-order chi connectivity index (χ0) is 10.9. The molecule has 0 aromatic rings. The van der Waals surface area contributed by atoms with Crippen LogP contribution in [-0.2, 0) is 0 Å². The molecular formula is C11H26O2. The van der Waals surface area contributed by atoms with E-state index in [-0.39, 0.29) is 5.41 Å². The molecule has 0 aliphatic rings. The van der Waals surface area contributed by atoms with Gasteiger partial charge in [-0.2, -0.15) is 0 Å². The van der Waals surface area contributed by atoms with Gasteiger partial charge in [-0.1, -0.05) is 34.6 Å². The molecular weight excluding hydrogens is 164 g/mol. The predicted molar refractivity (Wildman–Crippen MR) is 57.7 cm³/mol. The van der Waals surface area contributed by atoms with E-state index >= 15 is 0 Å². The standard InChI is InChI=1S/C6H14O.C5H12O/c1-4-6(2,3)5-7;1-5(2)3-4-6/h7H,4-5H2,1-3H3;5-6H,3-4H2,1-2H3. The summed E-state index contributed by atoms with van der Waals surface area (Å²) in [6.07, 6.45) is 1.98. The van der Waals surface area contributed by atoms with Gasteiger partial charge in [0.2, 0.25) is 0 Å². The Morgan fingerprint density at radius 2 is 1.62 bits per heavy atom. The molecule has 2 nitrogen and oxygen atoms in total. The van der Waals surface area contributed by atoms with Crippen LogP contribution in [0.3, 0.4) is 0 Å². The summed E-state index contributed by atoms with van der Waals surface area (Å²) in [6.45, 7) is 11.0. The van der Waals surface area contributed by atoms with Crippen molar-refractivity contribution in [3.63, 3.8) is 0 Å². The van der Waals surface area contributed by atoms with E-state index in [0.717, 1.165) is 12.8 Å². The van der Waals surface area contributed by atoms with Gasteiger partial charge in [-0.05, 0) is 24.2 Å². The van der Waals surface area contributed by atoms with E-state index in [0.29, 0.717) is 19.1 Å². The van der Waals surface area contributed by atoms with Crippen LogP contribution in [0.4, 0.5) is 0 Å². The minimum absolute atomic E-state index is 0.139. The molecule has 13 heavy (non-hydrogen) atoms. The third kappa shape index (κ3) is 14.7. The van der Waals surface area contributed by atoms with Crippen molar-refractivity contribution in [1.29, 1.82) is 0 Å². The molecule has 0 aromatic carbocycles. The average molecular weight is 190 g/mol. The first-order valence-electron chi connectivity index (χ1n) is 5.11. The Bertz CT molecular complexity index is 92.3. The Morgan fingerprint density at radius 1 is 1.15 bits per heavy atom. The Hall–Kier alpha value is -0.0800. The largest absolute Gasteiger partial charge is 0.396 e. The van der Waals surface area contributed by atoms with Crippen LogP contribution in [0.25, 0.3) is 0 Å². The van der Waals surface area contributed by atoms with Gasteiger partial charge in [0.25, 0.3) is 0 Å². The highest BCUT2D eigenvalue weighted by Gasteiger charge is 2.11. The fourth-order valence-electron chi connectivity index (χ4n) is 0.370. The van der Waals surface area contributed by atoms with E-state index in [4.69, 9.17) is 10.2 Å². The molecule has 2 heteroatoms. The van der Waals surface area contributed by atoms with Gasteiger partial charge in [0.15, 0.2) is 0 Å². The van der Waals surface area contributed by atoms with Crippen molar-refractivity contribution in [2.45, 2.75) is 47.5 Å². The molecule has 0 aromatic heterocycles. The van der Waals surface area contributed by atoms with Gasteiger partial charge in [-0.25, -0.2) is 0 Å². The van der Waals surface area contributed by atoms with Crippen molar-refractivity contribution in [1.82, 2.24) is 0 Å². The van der Waals surface area contributed by atoms with Gasteiger partial charge in [0, 0.05) is 13.2 Å². The van der Waals surface area contributed by atoms with Gasteiger partial charge in [-0.15, -0.1) is 0 Å². The van der Waals surface area contributed by atoms with Crippen LogP contribution in [0, 0.1) is 11.3 Å². The lowest BCUT2D eigenvalue weighted by Crippen LogP contribution is -2.14. The molecule has 0 aliphatic heterocycles. The van der Waals surface area contributed by atoms with Crippen molar-refractivity contribution in [2.75, 3.05) is 13.2 Å². The maximum atomic E-state index is 8.59. The second kappa shape index (κ2) is 8.52. The zero-order valence-corrected chi connectivity index (χ0v) is 9.80. The Morgan fingerprint density at radius 3 is 1.62 bits per heavy atom. The average Bonchev–Trinajstić information content (AvgIpc) is 2.05. The normalized spacial score (nSPS) is 11.1. The quantitative estimate of drug-likeness (QED) is 0.715. The summed E-state index contributed by atoms with van der Waals surface area (Å²) in [5, 5.41) is 16.8. The molecule has 0 heterocycles. The van der Waals surface area contributed by atoms with Crippen molar-refractivity contribution < 1.29 is 10.2 Å². The lowest BCUT2D eigenvalue weighted by molar-refractivity contribution is 0.155. The molecule has 82 valence electrons. The second-order valence-electron chi connectivity index (χ2n) is 4.58. The van der Waals surface area contributed by atoms with E-state index < -0.39 is 0 Å². The van der Waals surface area contributed by atoms with Crippen LogP contribution in [0.5, 0.6) is 0 Å². The topological polar surface area (TPSA) is 40.5 Å². The molecule has 2 N–H and O–H groups in total. The van der Waals surface area contributed by atoms with Crippen molar-refractivity contribution >= 4 is 0 Å². The second-order valence-corrected chi connectivity index (χ2v) is 4.58. The summed E-state index contributed by atoms with van der Waals surface area (Å²) in [5.41, 5.74) is 0.139. The van der Waals surface area contributed by atoms with E-state index in [1.54, 1.807) is 0 Å². The summed E-state index contributed by atoms with van der Waals surface area (Å²) < 4.78 is 0. The van der Waals surface area contributed by atoms with Gasteiger partial charge in [-0.3, -0.25) is 0 Å². The van der Waals surface area contributed by atoms with Gasteiger partial charge >= 0.3 is 0 Å². The molecule has 0 aliphatic carbocycles. The molecule has 0 bridgehead atoms. The highest BCUT2D eigenvalue weighted by molar-refractivity contribution is 4.62. The van der Waals surface area contributed by atoms with E-state index in [2.05, 4.69) is 20.8 Å². The van der Waals surface area contributed by atoms with Crippen molar-refractivity contribution in [2.24, 2.45) is 11.3 Å². The van der Waals surface area contributed by atoms with E-state index in [9.17, 15) is 0 Å². The van der Waals surface area contributed by atoms with Crippen LogP contribution in [0.1, 0.15) is 47.5 Å².